The summed E-state index contributed by atoms with van der Waals surface area (Å²) in [7, 11) is 3.74. The molecular weight excluding hydrogens is 331 g/mol. The highest BCUT2D eigenvalue weighted by molar-refractivity contribution is 8.00. The van der Waals surface area contributed by atoms with Crippen molar-refractivity contribution in [3.8, 4) is 0 Å². The lowest BCUT2D eigenvalue weighted by atomic mass is 10.1. The van der Waals surface area contributed by atoms with Gasteiger partial charge in [0.05, 0.1) is 16.4 Å². The van der Waals surface area contributed by atoms with Crippen molar-refractivity contribution in [2.24, 2.45) is 0 Å². The van der Waals surface area contributed by atoms with Gasteiger partial charge < -0.3 is 15.3 Å². The quantitative estimate of drug-likeness (QED) is 0.742. The van der Waals surface area contributed by atoms with Crippen LogP contribution in [0, 0.1) is 0 Å². The lowest BCUT2D eigenvalue weighted by molar-refractivity contribution is -0.119. The van der Waals surface area contributed by atoms with Crippen LogP contribution in [0.1, 0.15) is 6.92 Å². The Morgan fingerprint density at radius 1 is 1.43 bits per heavy atom. The van der Waals surface area contributed by atoms with Gasteiger partial charge in [0.25, 0.3) is 0 Å². The van der Waals surface area contributed by atoms with E-state index in [9.17, 15) is 9.90 Å². The number of nitrogens with one attached hydrogen (secondary N) is 1. The van der Waals surface area contributed by atoms with E-state index in [-0.39, 0.29) is 18.2 Å². The highest BCUT2D eigenvalue weighted by atomic mass is 35.5. The molecule has 0 aliphatic carbocycles. The first-order chi connectivity index (χ1) is 9.69. The molecule has 0 aromatic heterocycles. The first-order valence-corrected chi connectivity index (χ1v) is 8.15. The molecule has 1 rings (SSSR count). The zero-order chi connectivity index (χ0) is 16.0. The van der Waals surface area contributed by atoms with Crippen molar-refractivity contribution in [3.63, 3.8) is 0 Å². The number of hydrogen-bond acceptors (Lipinski definition) is 4. The van der Waals surface area contributed by atoms with E-state index in [4.69, 9.17) is 23.2 Å². The zero-order valence-electron chi connectivity index (χ0n) is 12.3. The van der Waals surface area contributed by atoms with Gasteiger partial charge in [0.2, 0.25) is 5.91 Å². The Labute approximate surface area is 139 Å². The molecule has 1 atom stereocenters. The van der Waals surface area contributed by atoms with E-state index in [1.165, 1.54) is 11.8 Å². The largest absolute Gasteiger partial charge is 0.387 e. The van der Waals surface area contributed by atoms with Crippen LogP contribution in [0.15, 0.2) is 23.1 Å². The summed E-state index contributed by atoms with van der Waals surface area (Å²) in [6, 6.07) is 5.13. The van der Waals surface area contributed by atoms with Gasteiger partial charge in [-0.25, -0.2) is 0 Å². The van der Waals surface area contributed by atoms with Gasteiger partial charge in [-0.15, -0.1) is 11.8 Å². The van der Waals surface area contributed by atoms with Crippen LogP contribution >= 0.6 is 35.0 Å². The number of rotatable bonds is 7. The third-order valence-corrected chi connectivity index (χ3v) is 4.31. The fraction of sp³-hybridized carbons (Fsp3) is 0.500. The molecule has 0 heterocycles. The van der Waals surface area contributed by atoms with E-state index < -0.39 is 5.60 Å². The molecule has 4 nitrogen and oxygen atoms in total. The average molecular weight is 351 g/mol. The Morgan fingerprint density at radius 3 is 2.71 bits per heavy atom. The van der Waals surface area contributed by atoms with Crippen molar-refractivity contribution < 1.29 is 9.90 Å². The molecule has 7 heteroatoms. The van der Waals surface area contributed by atoms with Crippen molar-refractivity contribution in [2.45, 2.75) is 17.4 Å². The van der Waals surface area contributed by atoms with E-state index >= 15 is 0 Å². The summed E-state index contributed by atoms with van der Waals surface area (Å²) in [6.45, 7) is 2.36. The van der Waals surface area contributed by atoms with Crippen LogP contribution < -0.4 is 5.32 Å². The average Bonchev–Trinajstić information content (AvgIpc) is 2.36. The molecule has 0 radical (unpaired) electrons. The molecule has 1 aromatic rings. The second-order valence-electron chi connectivity index (χ2n) is 5.37. The smallest absolute Gasteiger partial charge is 0.230 e. The Bertz CT molecular complexity index is 496. The molecule has 21 heavy (non-hydrogen) atoms. The molecule has 2 N–H and O–H groups in total. The van der Waals surface area contributed by atoms with Gasteiger partial charge >= 0.3 is 0 Å². The van der Waals surface area contributed by atoms with E-state index in [1.54, 1.807) is 25.1 Å². The number of carbonyl (C=O) groups is 1. The summed E-state index contributed by atoms with van der Waals surface area (Å²) in [4.78, 5) is 14.4. The van der Waals surface area contributed by atoms with Crippen LogP contribution in [-0.4, -0.2) is 54.5 Å². The van der Waals surface area contributed by atoms with Gasteiger partial charge in [0.15, 0.2) is 0 Å². The predicted molar refractivity (Wildman–Crippen MR) is 89.4 cm³/mol. The third kappa shape index (κ3) is 7.38. The van der Waals surface area contributed by atoms with Crippen LogP contribution in [-0.2, 0) is 4.79 Å². The van der Waals surface area contributed by atoms with Crippen LogP contribution in [0.25, 0.3) is 0 Å². The molecule has 1 amide bonds. The normalized spacial score (nSPS) is 14.0. The summed E-state index contributed by atoms with van der Waals surface area (Å²) in [5.74, 6) is 0.0630. The van der Waals surface area contributed by atoms with Crippen LogP contribution in [0.4, 0.5) is 0 Å². The SMILES string of the molecule is CN(C)CC(C)(O)CNC(=O)CSc1cc(Cl)ccc1Cl. The Balaban J connectivity index is 2.42. The topological polar surface area (TPSA) is 52.6 Å². The second kappa shape index (κ2) is 8.25. The van der Waals surface area contributed by atoms with Gasteiger partial charge in [-0.2, -0.15) is 0 Å². The number of amides is 1. The highest BCUT2D eigenvalue weighted by Gasteiger charge is 2.22. The maximum Gasteiger partial charge on any atom is 0.230 e. The number of likely N-dealkylation sites (N-methyl/N-ethyl adjacent to an activating group) is 1. The number of carbonyl (C=O) groups excluding carboxylic acids is 1. The van der Waals surface area contributed by atoms with Crippen molar-refractivity contribution in [1.29, 1.82) is 0 Å². The predicted octanol–water partition coefficient (Wildman–Crippen LogP) is 2.51. The minimum atomic E-state index is -0.961. The lowest BCUT2D eigenvalue weighted by Gasteiger charge is -2.27. The van der Waals surface area contributed by atoms with Crippen molar-refractivity contribution in [2.75, 3.05) is 32.9 Å². The number of halogens is 2. The summed E-state index contributed by atoms with van der Waals surface area (Å²) in [5.41, 5.74) is -0.961. The van der Waals surface area contributed by atoms with Gasteiger partial charge in [-0.3, -0.25) is 4.79 Å². The monoisotopic (exact) mass is 350 g/mol. The van der Waals surface area contributed by atoms with E-state index in [1.807, 2.05) is 19.0 Å². The zero-order valence-corrected chi connectivity index (χ0v) is 14.6. The molecule has 0 fully saturated rings. The summed E-state index contributed by atoms with van der Waals surface area (Å²) in [5, 5.41) is 14.0. The van der Waals surface area contributed by atoms with Gasteiger partial charge in [0.1, 0.15) is 0 Å². The molecule has 0 saturated carbocycles. The lowest BCUT2D eigenvalue weighted by Crippen LogP contribution is -2.47. The Kier molecular flexibility index (Phi) is 7.30. The minimum absolute atomic E-state index is 0.157. The number of thioether (sulfide) groups is 1. The standard InChI is InChI=1S/C14H20Cl2N2O2S/c1-14(20,9-18(2)3)8-17-13(19)7-21-12-6-10(15)4-5-11(12)16/h4-6,20H,7-9H2,1-3H3,(H,17,19). The highest BCUT2D eigenvalue weighted by Crippen LogP contribution is 2.29. The third-order valence-electron chi connectivity index (χ3n) is 2.58. The first kappa shape index (κ1) is 18.6. The fourth-order valence-corrected chi connectivity index (χ4v) is 3.13. The van der Waals surface area contributed by atoms with Crippen molar-refractivity contribution >= 4 is 40.9 Å². The molecular formula is C14H20Cl2N2O2S. The van der Waals surface area contributed by atoms with E-state index in [0.29, 0.717) is 16.6 Å². The minimum Gasteiger partial charge on any atom is -0.387 e. The number of aliphatic hydroxyl groups is 1. The van der Waals surface area contributed by atoms with Gasteiger partial charge in [-0.05, 0) is 39.2 Å². The fourth-order valence-electron chi connectivity index (χ4n) is 1.81. The first-order valence-electron chi connectivity index (χ1n) is 6.41. The molecule has 118 valence electrons. The van der Waals surface area contributed by atoms with E-state index in [2.05, 4.69) is 5.32 Å². The van der Waals surface area contributed by atoms with Crippen LogP contribution in [0.5, 0.6) is 0 Å². The van der Waals surface area contributed by atoms with Gasteiger partial charge in [-0.1, -0.05) is 23.2 Å². The maximum atomic E-state index is 11.8. The van der Waals surface area contributed by atoms with Crippen LogP contribution in [0.3, 0.4) is 0 Å². The van der Waals surface area contributed by atoms with Crippen molar-refractivity contribution in [1.82, 2.24) is 10.2 Å². The molecule has 0 aliphatic rings. The molecule has 1 aromatic carbocycles. The number of benzene rings is 1. The molecule has 1 unspecified atom stereocenters. The van der Waals surface area contributed by atoms with Crippen LogP contribution in [0.2, 0.25) is 10.0 Å². The molecule has 0 spiro atoms. The Morgan fingerprint density at radius 2 is 2.10 bits per heavy atom. The summed E-state index contributed by atoms with van der Waals surface area (Å²) >= 11 is 13.2. The van der Waals surface area contributed by atoms with Gasteiger partial charge in [0, 0.05) is 23.0 Å². The molecule has 0 saturated heterocycles. The second-order valence-corrected chi connectivity index (χ2v) is 7.24. The Hall–Kier alpha value is -0.460. The number of nitrogens with zero attached hydrogens (tertiary/aromatic N) is 1. The molecule has 0 bridgehead atoms. The molecule has 0 aliphatic heterocycles. The van der Waals surface area contributed by atoms with E-state index in [0.717, 1.165) is 4.90 Å². The summed E-state index contributed by atoms with van der Waals surface area (Å²) in [6.07, 6.45) is 0. The van der Waals surface area contributed by atoms with Crippen molar-refractivity contribution in [3.05, 3.63) is 28.2 Å². The maximum absolute atomic E-state index is 11.8. The number of hydrogen-bond donors (Lipinski definition) is 2. The summed E-state index contributed by atoms with van der Waals surface area (Å²) < 4.78 is 0.